The highest BCUT2D eigenvalue weighted by atomic mass is 32.1. The van der Waals surface area contributed by atoms with Crippen molar-refractivity contribution in [3.63, 3.8) is 0 Å². The second-order valence-electron chi connectivity index (χ2n) is 3.55. The number of rotatable bonds is 6. The van der Waals surface area contributed by atoms with Gasteiger partial charge in [0, 0.05) is 18.8 Å². The molecule has 0 radical (unpaired) electrons. The maximum atomic E-state index is 11.6. The molecule has 1 aromatic rings. The molecule has 8 nitrogen and oxygen atoms in total. The Hall–Kier alpha value is -2.47. The molecule has 1 rings (SSSR count). The van der Waals surface area contributed by atoms with Gasteiger partial charge in [-0.1, -0.05) is 0 Å². The Balaban J connectivity index is 2.39. The largest absolute Gasteiger partial charge is 0.451 e. The molecule has 0 bridgehead atoms. The minimum Gasteiger partial charge on any atom is -0.451 e. The van der Waals surface area contributed by atoms with Crippen LogP contribution in [0.2, 0.25) is 0 Å². The minimum atomic E-state index is -0.756. The number of nitrogens with one attached hydrogen (secondary N) is 2. The molecule has 1 aromatic heterocycles. The molecule has 1 heterocycles. The van der Waals surface area contributed by atoms with Crippen LogP contribution in [0.4, 0.5) is 5.13 Å². The number of ether oxygens (including phenoxy) is 1. The van der Waals surface area contributed by atoms with Crippen molar-refractivity contribution in [3.8, 4) is 6.07 Å². The maximum absolute atomic E-state index is 11.6. The van der Waals surface area contributed by atoms with Gasteiger partial charge in [0.1, 0.15) is 0 Å². The molecule has 0 aliphatic heterocycles. The van der Waals surface area contributed by atoms with Gasteiger partial charge in [0.15, 0.2) is 17.4 Å². The summed E-state index contributed by atoms with van der Waals surface area (Å²) in [5, 5.41) is 14.8. The Morgan fingerprint density at radius 2 is 2.25 bits per heavy atom. The molecule has 2 N–H and O–H groups in total. The molecular weight excluding hydrogens is 284 g/mol. The van der Waals surface area contributed by atoms with Crippen LogP contribution in [-0.4, -0.2) is 35.9 Å². The van der Waals surface area contributed by atoms with Crippen LogP contribution in [-0.2, 0) is 14.3 Å². The first-order valence-electron chi connectivity index (χ1n) is 5.57. The zero-order valence-corrected chi connectivity index (χ0v) is 11.5. The van der Waals surface area contributed by atoms with Crippen molar-refractivity contribution >= 4 is 34.3 Å². The quantitative estimate of drug-likeness (QED) is 0.574. The predicted octanol–water partition coefficient (Wildman–Crippen LogP) is 0.288. The SMILES string of the molecule is CC(=O)Nc1nc(C(=O)OCC(=O)NCCC#N)cs1. The number of hydrogen-bond donors (Lipinski definition) is 2. The molecule has 0 unspecified atom stereocenters. The highest BCUT2D eigenvalue weighted by Crippen LogP contribution is 2.15. The molecule has 20 heavy (non-hydrogen) atoms. The lowest BCUT2D eigenvalue weighted by molar-refractivity contribution is -0.124. The number of aromatic nitrogens is 1. The lowest BCUT2D eigenvalue weighted by Gasteiger charge is -2.03. The molecule has 0 saturated carbocycles. The zero-order chi connectivity index (χ0) is 15.0. The van der Waals surface area contributed by atoms with Crippen LogP contribution in [0, 0.1) is 11.3 Å². The zero-order valence-electron chi connectivity index (χ0n) is 10.6. The fraction of sp³-hybridized carbons (Fsp3) is 0.364. The third-order valence-electron chi connectivity index (χ3n) is 1.89. The van der Waals surface area contributed by atoms with Crippen molar-refractivity contribution < 1.29 is 19.1 Å². The van der Waals surface area contributed by atoms with Gasteiger partial charge in [-0.15, -0.1) is 11.3 Å². The number of carbonyl (C=O) groups is 3. The van der Waals surface area contributed by atoms with Crippen LogP contribution in [0.15, 0.2) is 5.38 Å². The fourth-order valence-electron chi connectivity index (χ4n) is 1.09. The average molecular weight is 296 g/mol. The summed E-state index contributed by atoms with van der Waals surface area (Å²) in [5.74, 6) is -1.55. The normalized spacial score (nSPS) is 9.40. The molecular formula is C11H12N4O4S. The standard InChI is InChI=1S/C11H12N4O4S/c1-7(16)14-11-15-8(6-20-11)10(18)19-5-9(17)13-4-2-3-12/h6H,2,4-5H2,1H3,(H,13,17)(H,14,15,16). The molecule has 0 saturated heterocycles. The summed E-state index contributed by atoms with van der Waals surface area (Å²) < 4.78 is 4.74. The molecule has 0 aliphatic carbocycles. The number of nitriles is 1. The van der Waals surface area contributed by atoms with E-state index in [-0.39, 0.29) is 29.7 Å². The summed E-state index contributed by atoms with van der Waals surface area (Å²) in [7, 11) is 0. The monoisotopic (exact) mass is 296 g/mol. The molecule has 9 heteroatoms. The molecule has 2 amide bonds. The number of anilines is 1. The first-order chi connectivity index (χ1) is 9.52. The number of amides is 2. The topological polar surface area (TPSA) is 121 Å². The molecule has 0 aliphatic rings. The summed E-state index contributed by atoms with van der Waals surface area (Å²) in [6.07, 6.45) is 0.186. The van der Waals surface area contributed by atoms with Gasteiger partial charge < -0.3 is 15.4 Å². The Morgan fingerprint density at radius 1 is 1.50 bits per heavy atom. The van der Waals surface area contributed by atoms with E-state index in [4.69, 9.17) is 10.00 Å². The van der Waals surface area contributed by atoms with Gasteiger partial charge in [-0.3, -0.25) is 9.59 Å². The van der Waals surface area contributed by atoms with Crippen molar-refractivity contribution in [1.82, 2.24) is 10.3 Å². The van der Waals surface area contributed by atoms with Crippen LogP contribution < -0.4 is 10.6 Å². The van der Waals surface area contributed by atoms with Crippen LogP contribution in [0.25, 0.3) is 0 Å². The van der Waals surface area contributed by atoms with E-state index < -0.39 is 18.5 Å². The van der Waals surface area contributed by atoms with Crippen LogP contribution in [0.1, 0.15) is 23.8 Å². The van der Waals surface area contributed by atoms with Crippen LogP contribution in [0.5, 0.6) is 0 Å². The molecule has 0 aromatic carbocycles. The van der Waals surface area contributed by atoms with Crippen molar-refractivity contribution in [2.75, 3.05) is 18.5 Å². The number of thiazole rings is 1. The first-order valence-corrected chi connectivity index (χ1v) is 6.44. The second kappa shape index (κ2) is 7.85. The number of carbonyl (C=O) groups excluding carboxylic acids is 3. The van der Waals surface area contributed by atoms with E-state index >= 15 is 0 Å². The van der Waals surface area contributed by atoms with Crippen LogP contribution in [0.3, 0.4) is 0 Å². The lowest BCUT2D eigenvalue weighted by atomic mass is 10.4. The maximum Gasteiger partial charge on any atom is 0.358 e. The summed E-state index contributed by atoms with van der Waals surface area (Å²) in [4.78, 5) is 37.4. The predicted molar refractivity (Wildman–Crippen MR) is 69.9 cm³/mol. The average Bonchev–Trinajstić information content (AvgIpc) is 2.84. The van der Waals surface area contributed by atoms with Gasteiger partial charge in [-0.05, 0) is 0 Å². The Labute approximate surface area is 118 Å². The number of esters is 1. The molecule has 106 valence electrons. The number of hydrogen-bond acceptors (Lipinski definition) is 7. The summed E-state index contributed by atoms with van der Waals surface area (Å²) in [6, 6.07) is 1.87. The van der Waals surface area contributed by atoms with E-state index in [0.717, 1.165) is 11.3 Å². The Morgan fingerprint density at radius 3 is 2.90 bits per heavy atom. The fourth-order valence-corrected chi connectivity index (χ4v) is 1.82. The van der Waals surface area contributed by atoms with Gasteiger partial charge in [0.25, 0.3) is 5.91 Å². The third kappa shape index (κ3) is 5.45. The summed E-state index contributed by atoms with van der Waals surface area (Å²) in [5.41, 5.74) is 0.0172. The highest BCUT2D eigenvalue weighted by Gasteiger charge is 2.14. The third-order valence-corrected chi connectivity index (χ3v) is 2.65. The van der Waals surface area contributed by atoms with E-state index in [9.17, 15) is 14.4 Å². The van der Waals surface area contributed by atoms with Crippen molar-refractivity contribution in [1.29, 1.82) is 5.26 Å². The molecule has 0 spiro atoms. The van der Waals surface area contributed by atoms with Crippen molar-refractivity contribution in [2.24, 2.45) is 0 Å². The smallest absolute Gasteiger partial charge is 0.358 e. The molecule has 0 fully saturated rings. The van der Waals surface area contributed by atoms with E-state index in [2.05, 4.69) is 15.6 Å². The lowest BCUT2D eigenvalue weighted by Crippen LogP contribution is -2.29. The van der Waals surface area contributed by atoms with Gasteiger partial charge in [-0.2, -0.15) is 5.26 Å². The van der Waals surface area contributed by atoms with Gasteiger partial charge in [-0.25, -0.2) is 9.78 Å². The Kier molecular flexibility index (Phi) is 6.12. The van der Waals surface area contributed by atoms with Crippen molar-refractivity contribution in [2.45, 2.75) is 13.3 Å². The van der Waals surface area contributed by atoms with E-state index in [1.807, 2.05) is 6.07 Å². The van der Waals surface area contributed by atoms with Gasteiger partial charge in [0.2, 0.25) is 5.91 Å². The van der Waals surface area contributed by atoms with E-state index in [0.29, 0.717) is 0 Å². The van der Waals surface area contributed by atoms with Crippen molar-refractivity contribution in [3.05, 3.63) is 11.1 Å². The van der Waals surface area contributed by atoms with E-state index in [1.54, 1.807) is 0 Å². The minimum absolute atomic E-state index is 0.0172. The summed E-state index contributed by atoms with van der Waals surface area (Å²) in [6.45, 7) is 1.08. The second-order valence-corrected chi connectivity index (χ2v) is 4.41. The highest BCUT2D eigenvalue weighted by molar-refractivity contribution is 7.14. The Bertz CT molecular complexity index is 549. The summed E-state index contributed by atoms with van der Waals surface area (Å²) >= 11 is 1.08. The van der Waals surface area contributed by atoms with Crippen LogP contribution >= 0.6 is 11.3 Å². The van der Waals surface area contributed by atoms with E-state index in [1.165, 1.54) is 12.3 Å². The molecule has 0 atom stereocenters. The number of nitrogens with zero attached hydrogens (tertiary/aromatic N) is 2. The first kappa shape index (κ1) is 15.6. The van der Waals surface area contributed by atoms with Gasteiger partial charge >= 0.3 is 5.97 Å². The van der Waals surface area contributed by atoms with Gasteiger partial charge in [0.05, 0.1) is 12.5 Å².